The topological polar surface area (TPSA) is 125 Å². The second-order valence-corrected chi connectivity index (χ2v) is 4.96. The molecule has 2 amide bonds. The van der Waals surface area contributed by atoms with Crippen LogP contribution in [0, 0.1) is 0 Å². The number of aromatic amines is 1. The van der Waals surface area contributed by atoms with Gasteiger partial charge in [0.15, 0.2) is 0 Å². The maximum Gasteiger partial charge on any atom is 0.294 e. The number of carbonyl (C=O) groups is 2. The van der Waals surface area contributed by atoms with Crippen LogP contribution in [0.1, 0.15) is 42.6 Å². The summed E-state index contributed by atoms with van der Waals surface area (Å²) in [7, 11) is 0. The SMILES string of the molecule is CC(C)c1nc(C(=O)N2CC(O)CC2C(N)=O)n[nH]1. The van der Waals surface area contributed by atoms with Crippen LogP contribution >= 0.6 is 0 Å². The monoisotopic (exact) mass is 267 g/mol. The van der Waals surface area contributed by atoms with Gasteiger partial charge in [-0.05, 0) is 0 Å². The van der Waals surface area contributed by atoms with E-state index in [1.807, 2.05) is 13.8 Å². The molecule has 2 heterocycles. The number of amides is 2. The number of nitrogens with two attached hydrogens (primary N) is 1. The van der Waals surface area contributed by atoms with E-state index in [1.165, 1.54) is 4.90 Å². The Hall–Kier alpha value is -1.96. The molecule has 0 spiro atoms. The number of primary amides is 1. The average Bonchev–Trinajstić information content (AvgIpc) is 2.94. The van der Waals surface area contributed by atoms with Crippen LogP contribution in [0.5, 0.6) is 0 Å². The van der Waals surface area contributed by atoms with Crippen LogP contribution in [0.2, 0.25) is 0 Å². The summed E-state index contributed by atoms with van der Waals surface area (Å²) in [6.07, 6.45) is -0.590. The lowest BCUT2D eigenvalue weighted by molar-refractivity contribution is -0.121. The molecule has 8 heteroatoms. The molecule has 0 aromatic carbocycles. The van der Waals surface area contributed by atoms with Gasteiger partial charge in [0.2, 0.25) is 11.7 Å². The van der Waals surface area contributed by atoms with Crippen LogP contribution in [0.4, 0.5) is 0 Å². The van der Waals surface area contributed by atoms with E-state index < -0.39 is 24.0 Å². The number of likely N-dealkylation sites (tertiary alicyclic amines) is 1. The van der Waals surface area contributed by atoms with Crippen LogP contribution < -0.4 is 5.73 Å². The maximum absolute atomic E-state index is 12.2. The maximum atomic E-state index is 12.2. The molecule has 19 heavy (non-hydrogen) atoms. The van der Waals surface area contributed by atoms with Crippen molar-refractivity contribution in [1.82, 2.24) is 20.1 Å². The van der Waals surface area contributed by atoms with E-state index >= 15 is 0 Å². The van der Waals surface area contributed by atoms with Gasteiger partial charge >= 0.3 is 0 Å². The molecule has 0 aliphatic carbocycles. The van der Waals surface area contributed by atoms with Crippen molar-refractivity contribution >= 4 is 11.8 Å². The Bertz CT molecular complexity index is 498. The Balaban J connectivity index is 2.20. The first-order chi connectivity index (χ1) is 8.90. The molecule has 1 saturated heterocycles. The first-order valence-corrected chi connectivity index (χ1v) is 6.10. The van der Waals surface area contributed by atoms with Gasteiger partial charge in [0.1, 0.15) is 11.9 Å². The lowest BCUT2D eigenvalue weighted by Gasteiger charge is -2.19. The van der Waals surface area contributed by atoms with Gasteiger partial charge in [-0.2, -0.15) is 0 Å². The van der Waals surface area contributed by atoms with Gasteiger partial charge in [-0.1, -0.05) is 13.8 Å². The molecule has 104 valence electrons. The Morgan fingerprint density at radius 1 is 1.53 bits per heavy atom. The predicted molar refractivity (Wildman–Crippen MR) is 65.1 cm³/mol. The van der Waals surface area contributed by atoms with Crippen molar-refractivity contribution < 1.29 is 14.7 Å². The Labute approximate surface area is 110 Å². The van der Waals surface area contributed by atoms with Crippen LogP contribution in [0.25, 0.3) is 0 Å². The van der Waals surface area contributed by atoms with Crippen molar-refractivity contribution in [2.24, 2.45) is 5.73 Å². The van der Waals surface area contributed by atoms with Gasteiger partial charge < -0.3 is 15.7 Å². The minimum Gasteiger partial charge on any atom is -0.391 e. The second kappa shape index (κ2) is 4.96. The summed E-state index contributed by atoms with van der Waals surface area (Å²) in [4.78, 5) is 28.8. The molecule has 0 bridgehead atoms. The normalized spacial score (nSPS) is 23.1. The summed E-state index contributed by atoms with van der Waals surface area (Å²) in [5.41, 5.74) is 5.23. The molecule has 2 rings (SSSR count). The summed E-state index contributed by atoms with van der Waals surface area (Å²) in [5, 5.41) is 16.1. The van der Waals surface area contributed by atoms with Gasteiger partial charge in [0.25, 0.3) is 5.91 Å². The quantitative estimate of drug-likeness (QED) is 0.647. The molecule has 2 atom stereocenters. The standard InChI is InChI=1S/C11H17N5O3/c1-5(2)9-13-10(15-14-9)11(19)16-4-6(17)3-7(16)8(12)18/h5-7,17H,3-4H2,1-2H3,(H2,12,18)(H,13,14,15). The van der Waals surface area contributed by atoms with E-state index in [0.29, 0.717) is 5.82 Å². The fourth-order valence-electron chi connectivity index (χ4n) is 2.06. The number of aromatic nitrogens is 3. The number of H-pyrrole nitrogens is 1. The fraction of sp³-hybridized carbons (Fsp3) is 0.636. The van der Waals surface area contributed by atoms with E-state index in [4.69, 9.17) is 5.73 Å². The minimum absolute atomic E-state index is 0.0101. The number of nitrogens with zero attached hydrogens (tertiary/aromatic N) is 3. The zero-order chi connectivity index (χ0) is 14.2. The van der Waals surface area contributed by atoms with Crippen molar-refractivity contribution in [3.05, 3.63) is 11.6 Å². The van der Waals surface area contributed by atoms with E-state index in [-0.39, 0.29) is 24.7 Å². The number of aliphatic hydroxyl groups is 1. The number of β-amino-alcohol motifs (C(OH)–C–C–N with tert-alkyl or cyclic N) is 1. The van der Waals surface area contributed by atoms with Gasteiger partial charge in [0.05, 0.1) is 6.10 Å². The lowest BCUT2D eigenvalue weighted by Crippen LogP contribution is -2.44. The van der Waals surface area contributed by atoms with Crippen molar-refractivity contribution in [2.75, 3.05) is 6.54 Å². The smallest absolute Gasteiger partial charge is 0.294 e. The van der Waals surface area contributed by atoms with Crippen LogP contribution in [-0.4, -0.2) is 55.7 Å². The van der Waals surface area contributed by atoms with Gasteiger partial charge in [-0.25, -0.2) is 4.98 Å². The highest BCUT2D eigenvalue weighted by molar-refractivity contribution is 5.95. The van der Waals surface area contributed by atoms with Crippen molar-refractivity contribution in [2.45, 2.75) is 38.3 Å². The van der Waals surface area contributed by atoms with Crippen LogP contribution in [-0.2, 0) is 4.79 Å². The second-order valence-electron chi connectivity index (χ2n) is 4.96. The van der Waals surface area contributed by atoms with Gasteiger partial charge in [-0.3, -0.25) is 14.7 Å². The Morgan fingerprint density at radius 2 is 2.21 bits per heavy atom. The van der Waals surface area contributed by atoms with Crippen LogP contribution in [0.15, 0.2) is 0 Å². The highest BCUT2D eigenvalue weighted by Crippen LogP contribution is 2.20. The summed E-state index contributed by atoms with van der Waals surface area (Å²) in [6, 6.07) is -0.802. The lowest BCUT2D eigenvalue weighted by atomic mass is 10.2. The molecule has 1 aliphatic heterocycles. The largest absolute Gasteiger partial charge is 0.391 e. The number of rotatable bonds is 3. The molecule has 8 nitrogen and oxygen atoms in total. The molecule has 0 saturated carbocycles. The minimum atomic E-state index is -0.802. The molecule has 0 radical (unpaired) electrons. The number of hydrogen-bond acceptors (Lipinski definition) is 5. The molecule has 4 N–H and O–H groups in total. The first kappa shape index (κ1) is 13.5. The molecule has 1 aliphatic rings. The van der Waals surface area contributed by atoms with Crippen molar-refractivity contribution in [3.63, 3.8) is 0 Å². The van der Waals surface area contributed by atoms with Crippen molar-refractivity contribution in [1.29, 1.82) is 0 Å². The van der Waals surface area contributed by atoms with E-state index in [1.54, 1.807) is 0 Å². The molecular formula is C11H17N5O3. The Morgan fingerprint density at radius 3 is 2.74 bits per heavy atom. The molecule has 1 aromatic rings. The highest BCUT2D eigenvalue weighted by Gasteiger charge is 2.39. The molecule has 1 fully saturated rings. The number of hydrogen-bond donors (Lipinski definition) is 3. The zero-order valence-corrected chi connectivity index (χ0v) is 10.8. The summed E-state index contributed by atoms with van der Waals surface area (Å²) >= 11 is 0. The molecular weight excluding hydrogens is 250 g/mol. The number of carbonyl (C=O) groups excluding carboxylic acids is 2. The fourth-order valence-corrected chi connectivity index (χ4v) is 2.06. The number of nitrogens with one attached hydrogen (secondary N) is 1. The number of aliphatic hydroxyl groups excluding tert-OH is 1. The third kappa shape index (κ3) is 2.58. The van der Waals surface area contributed by atoms with Gasteiger partial charge in [0, 0.05) is 18.9 Å². The van der Waals surface area contributed by atoms with Gasteiger partial charge in [-0.15, -0.1) is 5.10 Å². The third-order valence-electron chi connectivity index (χ3n) is 3.11. The highest BCUT2D eigenvalue weighted by atomic mass is 16.3. The third-order valence-corrected chi connectivity index (χ3v) is 3.11. The zero-order valence-electron chi connectivity index (χ0n) is 10.8. The average molecular weight is 267 g/mol. The summed E-state index contributed by atoms with van der Waals surface area (Å²) in [5.74, 6) is -0.430. The first-order valence-electron chi connectivity index (χ1n) is 6.10. The van der Waals surface area contributed by atoms with E-state index in [2.05, 4.69) is 15.2 Å². The van der Waals surface area contributed by atoms with Crippen molar-refractivity contribution in [3.8, 4) is 0 Å². The predicted octanol–water partition coefficient (Wildman–Crippen LogP) is -1.01. The summed E-state index contributed by atoms with van der Waals surface area (Å²) in [6.45, 7) is 3.90. The summed E-state index contributed by atoms with van der Waals surface area (Å²) < 4.78 is 0. The molecule has 1 aromatic heterocycles. The van der Waals surface area contributed by atoms with E-state index in [9.17, 15) is 14.7 Å². The molecule has 2 unspecified atom stereocenters. The van der Waals surface area contributed by atoms with E-state index in [0.717, 1.165) is 0 Å². The Kier molecular flexibility index (Phi) is 3.52. The van der Waals surface area contributed by atoms with Crippen LogP contribution in [0.3, 0.4) is 0 Å².